The van der Waals surface area contributed by atoms with E-state index in [1.807, 2.05) is 14.0 Å². The lowest BCUT2D eigenvalue weighted by atomic mass is 10.7. The molecule has 0 aromatic heterocycles. The van der Waals surface area contributed by atoms with Crippen LogP contribution < -0.4 is 10.6 Å². The molecule has 0 saturated heterocycles. The Morgan fingerprint density at radius 2 is 1.40 bits per heavy atom. The van der Waals surface area contributed by atoms with Crippen molar-refractivity contribution in [3.63, 3.8) is 0 Å². The molecule has 0 aliphatic rings. The van der Waals surface area contributed by atoms with Crippen LogP contribution in [0, 0.1) is 0 Å². The number of nitrogens with one attached hydrogen (secondary N) is 2. The first kappa shape index (κ1) is 12.1. The van der Waals surface area contributed by atoms with Crippen LogP contribution in [0.4, 0.5) is 0 Å². The first-order valence-electron chi connectivity index (χ1n) is 2.91. The van der Waals surface area contributed by atoms with E-state index in [0.29, 0.717) is 0 Å². The van der Waals surface area contributed by atoms with Gasteiger partial charge >= 0.3 is 0 Å². The van der Waals surface area contributed by atoms with E-state index in [2.05, 4.69) is 22.9 Å². The molecule has 0 aliphatic carbocycles. The molecule has 0 aromatic rings. The highest BCUT2D eigenvalue weighted by Crippen LogP contribution is 1.56. The lowest BCUT2D eigenvalue weighted by molar-refractivity contribution is -0.118. The smallest absolute Gasteiger partial charge is 0.216 e. The van der Waals surface area contributed by atoms with Crippen LogP contribution in [-0.4, -0.2) is 25.0 Å². The summed E-state index contributed by atoms with van der Waals surface area (Å²) in [5.74, 6) is 0.00463. The molecule has 0 bridgehead atoms. The Bertz CT molecular complexity index is 100. The minimum absolute atomic E-state index is 0.00463. The maximum absolute atomic E-state index is 9.70. The van der Waals surface area contributed by atoms with Crippen molar-refractivity contribution in [3.8, 4) is 0 Å². The molecule has 0 unspecified atom stereocenters. The third-order valence-corrected chi connectivity index (χ3v) is 0.908. The van der Waals surface area contributed by atoms with E-state index < -0.39 is 0 Å². The Balaban J connectivity index is 0. The highest BCUT2D eigenvalue weighted by molar-refractivity contribution is 7.80. The molecular formula is C6H14N2OS. The number of hydrogen-bond acceptors (Lipinski definition) is 2. The van der Waals surface area contributed by atoms with Gasteiger partial charge in [0.2, 0.25) is 5.91 Å². The van der Waals surface area contributed by atoms with Crippen LogP contribution in [0.3, 0.4) is 0 Å². The molecule has 0 spiro atoms. The number of hydrogen-bond donors (Lipinski definition) is 2. The number of rotatable bonds is 0. The van der Waals surface area contributed by atoms with Crippen molar-refractivity contribution in [2.24, 2.45) is 0 Å². The summed E-state index contributed by atoms with van der Waals surface area (Å²) >= 11 is 4.59. The van der Waals surface area contributed by atoms with E-state index in [-0.39, 0.29) is 5.91 Å². The van der Waals surface area contributed by atoms with Crippen LogP contribution in [0.5, 0.6) is 0 Å². The van der Waals surface area contributed by atoms with Crippen LogP contribution in [0.1, 0.15) is 13.8 Å². The molecule has 0 aliphatic heterocycles. The van der Waals surface area contributed by atoms with Gasteiger partial charge in [0, 0.05) is 21.0 Å². The second-order valence-electron chi connectivity index (χ2n) is 1.61. The number of thiocarbonyl (C=S) groups is 1. The molecule has 4 heteroatoms. The highest BCUT2D eigenvalue weighted by Gasteiger charge is 1.72. The van der Waals surface area contributed by atoms with Crippen LogP contribution in [0.25, 0.3) is 0 Å². The van der Waals surface area contributed by atoms with E-state index in [9.17, 15) is 4.79 Å². The molecule has 0 rings (SSSR count). The topological polar surface area (TPSA) is 41.1 Å². The normalized spacial score (nSPS) is 6.80. The minimum atomic E-state index is 0.00463. The van der Waals surface area contributed by atoms with Gasteiger partial charge in [-0.15, -0.1) is 0 Å². The molecule has 10 heavy (non-hydrogen) atoms. The summed E-state index contributed by atoms with van der Waals surface area (Å²) in [4.78, 5) is 10.5. The van der Waals surface area contributed by atoms with E-state index in [1.165, 1.54) is 6.92 Å². The predicted octanol–water partition coefficient (Wildman–Crippen LogP) is 0.305. The summed E-state index contributed by atoms with van der Waals surface area (Å²) in [6.07, 6.45) is 0. The van der Waals surface area contributed by atoms with E-state index in [0.717, 1.165) is 4.99 Å². The molecule has 3 nitrogen and oxygen atoms in total. The van der Waals surface area contributed by atoms with Crippen molar-refractivity contribution in [2.75, 3.05) is 14.1 Å². The molecular weight excluding hydrogens is 148 g/mol. The molecule has 0 saturated carbocycles. The average molecular weight is 162 g/mol. The Hall–Kier alpha value is -0.640. The molecule has 0 radical (unpaired) electrons. The third kappa shape index (κ3) is 26.4. The second-order valence-corrected chi connectivity index (χ2v) is 2.22. The van der Waals surface area contributed by atoms with Crippen molar-refractivity contribution in [1.82, 2.24) is 10.6 Å². The summed E-state index contributed by atoms with van der Waals surface area (Å²) in [6, 6.07) is 0. The number of carbonyl (C=O) groups excluding carboxylic acids is 1. The zero-order chi connectivity index (χ0) is 8.57. The zero-order valence-electron chi connectivity index (χ0n) is 6.82. The largest absolute Gasteiger partial charge is 0.383 e. The lowest BCUT2D eigenvalue weighted by Crippen LogP contribution is -2.11. The first-order chi connectivity index (χ1) is 4.54. The first-order valence-corrected chi connectivity index (χ1v) is 3.32. The van der Waals surface area contributed by atoms with E-state index in [4.69, 9.17) is 0 Å². The van der Waals surface area contributed by atoms with Gasteiger partial charge in [0.05, 0.1) is 4.99 Å². The van der Waals surface area contributed by atoms with Crippen LogP contribution in [-0.2, 0) is 4.79 Å². The van der Waals surface area contributed by atoms with Gasteiger partial charge in [-0.1, -0.05) is 12.2 Å². The van der Waals surface area contributed by atoms with Crippen molar-refractivity contribution in [3.05, 3.63) is 0 Å². The van der Waals surface area contributed by atoms with Crippen molar-refractivity contribution < 1.29 is 4.79 Å². The van der Waals surface area contributed by atoms with Gasteiger partial charge in [-0.05, 0) is 6.92 Å². The van der Waals surface area contributed by atoms with Gasteiger partial charge in [0.25, 0.3) is 0 Å². The van der Waals surface area contributed by atoms with Gasteiger partial charge in [-0.3, -0.25) is 4.79 Å². The maximum Gasteiger partial charge on any atom is 0.216 e. The summed E-state index contributed by atoms with van der Waals surface area (Å²) < 4.78 is 0. The average Bonchev–Trinajstić information content (AvgIpc) is 1.89. The van der Waals surface area contributed by atoms with Crippen molar-refractivity contribution in [2.45, 2.75) is 13.8 Å². The fourth-order valence-electron chi connectivity index (χ4n) is 0. The SMILES string of the molecule is CNC(C)=O.CNC(C)=S. The number of amides is 1. The van der Waals surface area contributed by atoms with Crippen LogP contribution >= 0.6 is 12.2 Å². The second kappa shape index (κ2) is 8.36. The van der Waals surface area contributed by atoms with Gasteiger partial charge in [-0.25, -0.2) is 0 Å². The van der Waals surface area contributed by atoms with Crippen LogP contribution in [0.2, 0.25) is 0 Å². The van der Waals surface area contributed by atoms with E-state index in [1.54, 1.807) is 7.05 Å². The standard InChI is InChI=1S/C3H7NO.C3H7NS/c2*1-3(5)4-2/h2*1-2H3,(H,4,5). The quantitative estimate of drug-likeness (QED) is 0.504. The summed E-state index contributed by atoms with van der Waals surface area (Å²) in [5, 5.41) is 5.15. The molecule has 0 aromatic carbocycles. The predicted molar refractivity (Wildman–Crippen MR) is 47.1 cm³/mol. The Morgan fingerprint density at radius 3 is 1.40 bits per heavy atom. The van der Waals surface area contributed by atoms with Crippen molar-refractivity contribution >= 4 is 23.1 Å². The molecule has 2 N–H and O–H groups in total. The fourth-order valence-corrected chi connectivity index (χ4v) is 0. The van der Waals surface area contributed by atoms with Gasteiger partial charge in [0.1, 0.15) is 0 Å². The molecule has 0 fully saturated rings. The third-order valence-electron chi connectivity index (χ3n) is 0.704. The monoisotopic (exact) mass is 162 g/mol. The van der Waals surface area contributed by atoms with Crippen LogP contribution in [0.15, 0.2) is 0 Å². The highest BCUT2D eigenvalue weighted by atomic mass is 32.1. The maximum atomic E-state index is 9.70. The molecule has 1 amide bonds. The number of carbonyl (C=O) groups is 1. The lowest BCUT2D eigenvalue weighted by Gasteiger charge is -1.84. The fraction of sp³-hybridized carbons (Fsp3) is 0.667. The Morgan fingerprint density at radius 1 is 1.20 bits per heavy atom. The molecule has 60 valence electrons. The van der Waals surface area contributed by atoms with Gasteiger partial charge in [0.15, 0.2) is 0 Å². The van der Waals surface area contributed by atoms with Gasteiger partial charge < -0.3 is 10.6 Å². The Kier molecular flexibility index (Phi) is 10.1. The van der Waals surface area contributed by atoms with Gasteiger partial charge in [-0.2, -0.15) is 0 Å². The summed E-state index contributed by atoms with van der Waals surface area (Å²) in [6.45, 7) is 3.31. The summed E-state index contributed by atoms with van der Waals surface area (Å²) in [5.41, 5.74) is 0. The minimum Gasteiger partial charge on any atom is -0.383 e. The molecule has 0 atom stereocenters. The van der Waals surface area contributed by atoms with E-state index >= 15 is 0 Å². The molecule has 0 heterocycles. The zero-order valence-corrected chi connectivity index (χ0v) is 7.63. The van der Waals surface area contributed by atoms with Crippen molar-refractivity contribution in [1.29, 1.82) is 0 Å². The Labute approximate surface area is 67.2 Å². The summed E-state index contributed by atoms with van der Waals surface area (Å²) in [7, 11) is 3.41.